The largest absolute Gasteiger partial charge is 0.347 e. The van der Waals surface area contributed by atoms with Gasteiger partial charge in [0.2, 0.25) is 11.8 Å². The van der Waals surface area contributed by atoms with E-state index in [1.54, 1.807) is 4.90 Å². The fraction of sp³-hybridized carbons (Fsp3) is 0.778. The second-order valence-electron chi connectivity index (χ2n) is 3.65. The van der Waals surface area contributed by atoms with Gasteiger partial charge in [-0.2, -0.15) is 0 Å². The van der Waals surface area contributed by atoms with Gasteiger partial charge in [-0.3, -0.25) is 9.59 Å². The van der Waals surface area contributed by atoms with Crippen LogP contribution in [0.4, 0.5) is 0 Å². The summed E-state index contributed by atoms with van der Waals surface area (Å²) in [6.07, 6.45) is 1.93. The highest BCUT2D eigenvalue weighted by atomic mass is 16.2. The fourth-order valence-corrected chi connectivity index (χ4v) is 1.55. The molecule has 5 nitrogen and oxygen atoms in total. The normalized spacial score (nSPS) is 21.9. The molecule has 1 fully saturated rings. The van der Waals surface area contributed by atoms with Crippen LogP contribution in [0.25, 0.3) is 0 Å². The molecule has 1 aliphatic rings. The maximum atomic E-state index is 11.5. The number of piperidine rings is 1. The van der Waals surface area contributed by atoms with E-state index in [1.807, 2.05) is 0 Å². The van der Waals surface area contributed by atoms with Crippen LogP contribution in [-0.2, 0) is 9.59 Å². The van der Waals surface area contributed by atoms with Crippen molar-refractivity contribution in [2.75, 3.05) is 19.6 Å². The van der Waals surface area contributed by atoms with Crippen molar-refractivity contribution in [3.8, 4) is 0 Å². The van der Waals surface area contributed by atoms with Crippen LogP contribution in [0.5, 0.6) is 0 Å². The lowest BCUT2D eigenvalue weighted by Gasteiger charge is -2.30. The minimum Gasteiger partial charge on any atom is -0.347 e. The molecule has 14 heavy (non-hydrogen) atoms. The summed E-state index contributed by atoms with van der Waals surface area (Å²) in [7, 11) is 0. The van der Waals surface area contributed by atoms with Gasteiger partial charge < -0.3 is 16.0 Å². The number of hydrogen-bond donors (Lipinski definition) is 2. The molecule has 0 aromatic carbocycles. The molecule has 0 spiro atoms. The van der Waals surface area contributed by atoms with Gasteiger partial charge >= 0.3 is 0 Å². The van der Waals surface area contributed by atoms with E-state index in [-0.39, 0.29) is 24.4 Å². The van der Waals surface area contributed by atoms with Gasteiger partial charge in [-0.15, -0.1) is 0 Å². The Morgan fingerprint density at radius 1 is 1.57 bits per heavy atom. The van der Waals surface area contributed by atoms with Crippen molar-refractivity contribution in [1.82, 2.24) is 10.2 Å². The molecule has 3 N–H and O–H groups in total. The predicted molar refractivity (Wildman–Crippen MR) is 52.5 cm³/mol. The molecule has 5 heteroatoms. The Morgan fingerprint density at radius 2 is 2.29 bits per heavy atom. The first-order valence-corrected chi connectivity index (χ1v) is 4.87. The summed E-state index contributed by atoms with van der Waals surface area (Å²) in [5.41, 5.74) is 5.74. The van der Waals surface area contributed by atoms with Gasteiger partial charge in [-0.25, -0.2) is 0 Å². The summed E-state index contributed by atoms with van der Waals surface area (Å²) >= 11 is 0. The van der Waals surface area contributed by atoms with Gasteiger partial charge in [0, 0.05) is 26.1 Å². The average molecular weight is 199 g/mol. The minimum absolute atomic E-state index is 0.0460. The van der Waals surface area contributed by atoms with Crippen molar-refractivity contribution >= 4 is 11.8 Å². The molecular formula is C9H17N3O2. The van der Waals surface area contributed by atoms with Crippen LogP contribution in [0, 0.1) is 0 Å². The Balaban J connectivity index is 2.32. The number of carbonyl (C=O) groups is 2. The molecule has 0 saturated carbocycles. The van der Waals surface area contributed by atoms with Crippen LogP contribution in [0.3, 0.4) is 0 Å². The Hall–Kier alpha value is -1.10. The summed E-state index contributed by atoms with van der Waals surface area (Å²) in [4.78, 5) is 23.8. The predicted octanol–water partition coefficient (Wildman–Crippen LogP) is -0.928. The van der Waals surface area contributed by atoms with Gasteiger partial charge in [0.1, 0.15) is 0 Å². The first kappa shape index (κ1) is 11.0. The molecule has 0 unspecified atom stereocenters. The molecule has 1 atom stereocenters. The molecule has 0 aromatic heterocycles. The molecular weight excluding hydrogens is 182 g/mol. The third-order valence-electron chi connectivity index (χ3n) is 2.30. The highest BCUT2D eigenvalue weighted by Crippen LogP contribution is 2.07. The van der Waals surface area contributed by atoms with Crippen LogP contribution in [-0.4, -0.2) is 42.4 Å². The van der Waals surface area contributed by atoms with Crippen molar-refractivity contribution < 1.29 is 9.59 Å². The van der Waals surface area contributed by atoms with E-state index >= 15 is 0 Å². The van der Waals surface area contributed by atoms with E-state index in [4.69, 9.17) is 5.73 Å². The van der Waals surface area contributed by atoms with Crippen molar-refractivity contribution in [1.29, 1.82) is 0 Å². The summed E-state index contributed by atoms with van der Waals surface area (Å²) < 4.78 is 0. The number of carbonyl (C=O) groups excluding carboxylic acids is 2. The summed E-state index contributed by atoms with van der Waals surface area (Å²) in [5, 5.41) is 2.49. The van der Waals surface area contributed by atoms with E-state index in [9.17, 15) is 9.59 Å². The number of hydrogen-bond acceptors (Lipinski definition) is 3. The second kappa shape index (κ2) is 4.95. The Kier molecular flexibility index (Phi) is 3.88. The second-order valence-corrected chi connectivity index (χ2v) is 3.65. The molecule has 80 valence electrons. The van der Waals surface area contributed by atoms with Crippen LogP contribution in [0.1, 0.15) is 19.8 Å². The highest BCUT2D eigenvalue weighted by Gasteiger charge is 2.20. The zero-order chi connectivity index (χ0) is 10.6. The van der Waals surface area contributed by atoms with Crippen molar-refractivity contribution in [2.45, 2.75) is 25.8 Å². The Bertz CT molecular complexity index is 230. The van der Waals surface area contributed by atoms with Crippen molar-refractivity contribution in [2.24, 2.45) is 5.73 Å². The van der Waals surface area contributed by atoms with Gasteiger partial charge in [0.05, 0.1) is 6.54 Å². The molecule has 1 rings (SSSR count). The topological polar surface area (TPSA) is 75.4 Å². The number of likely N-dealkylation sites (tertiary alicyclic amines) is 1. The van der Waals surface area contributed by atoms with E-state index in [0.717, 1.165) is 19.4 Å². The highest BCUT2D eigenvalue weighted by molar-refractivity contribution is 5.83. The van der Waals surface area contributed by atoms with Crippen molar-refractivity contribution in [3.63, 3.8) is 0 Å². The summed E-state index contributed by atoms with van der Waals surface area (Å²) in [6.45, 7) is 2.85. The monoisotopic (exact) mass is 199 g/mol. The zero-order valence-electron chi connectivity index (χ0n) is 8.45. The lowest BCUT2D eigenvalue weighted by molar-refractivity contribution is -0.133. The van der Waals surface area contributed by atoms with Gasteiger partial charge in [-0.1, -0.05) is 0 Å². The number of nitrogens with zero attached hydrogens (tertiary/aromatic N) is 1. The maximum Gasteiger partial charge on any atom is 0.242 e. The molecule has 0 aromatic rings. The lowest BCUT2D eigenvalue weighted by atomic mass is 10.1. The standard InChI is InChI=1S/C9H17N3O2/c1-7(13)11-5-9(14)12-4-2-3-8(10)6-12/h8H,2-6,10H2,1H3,(H,11,13)/t8-/m1/s1. The lowest BCUT2D eigenvalue weighted by Crippen LogP contribution is -2.48. The quantitative estimate of drug-likeness (QED) is 0.603. The Morgan fingerprint density at radius 3 is 2.86 bits per heavy atom. The van der Waals surface area contributed by atoms with E-state index in [2.05, 4.69) is 5.32 Å². The van der Waals surface area contributed by atoms with Crippen LogP contribution < -0.4 is 11.1 Å². The number of nitrogens with one attached hydrogen (secondary N) is 1. The molecule has 2 amide bonds. The third-order valence-corrected chi connectivity index (χ3v) is 2.30. The smallest absolute Gasteiger partial charge is 0.242 e. The molecule has 0 radical (unpaired) electrons. The third kappa shape index (κ3) is 3.33. The van der Waals surface area contributed by atoms with Crippen LogP contribution in [0.15, 0.2) is 0 Å². The number of amides is 2. The summed E-state index contributed by atoms with van der Waals surface area (Å²) in [6, 6.07) is 0.0880. The fourth-order valence-electron chi connectivity index (χ4n) is 1.55. The molecule has 0 bridgehead atoms. The van der Waals surface area contributed by atoms with E-state index < -0.39 is 0 Å². The minimum atomic E-state index is -0.181. The molecule has 1 heterocycles. The number of rotatable bonds is 2. The van der Waals surface area contributed by atoms with E-state index in [1.165, 1.54) is 6.92 Å². The first-order chi connectivity index (χ1) is 6.59. The summed E-state index contributed by atoms with van der Waals surface area (Å²) in [5.74, 6) is -0.227. The Labute approximate surface area is 83.6 Å². The van der Waals surface area contributed by atoms with E-state index in [0.29, 0.717) is 6.54 Å². The van der Waals surface area contributed by atoms with Gasteiger partial charge in [-0.05, 0) is 12.8 Å². The molecule has 1 saturated heterocycles. The van der Waals surface area contributed by atoms with Gasteiger partial charge in [0.15, 0.2) is 0 Å². The van der Waals surface area contributed by atoms with Crippen LogP contribution in [0.2, 0.25) is 0 Å². The molecule has 1 aliphatic heterocycles. The molecule has 0 aliphatic carbocycles. The average Bonchev–Trinajstić information content (AvgIpc) is 2.14. The SMILES string of the molecule is CC(=O)NCC(=O)N1CCC[C@@H](N)C1. The van der Waals surface area contributed by atoms with Crippen molar-refractivity contribution in [3.05, 3.63) is 0 Å². The maximum absolute atomic E-state index is 11.5. The first-order valence-electron chi connectivity index (χ1n) is 4.87. The zero-order valence-corrected chi connectivity index (χ0v) is 8.45. The van der Waals surface area contributed by atoms with Gasteiger partial charge in [0.25, 0.3) is 0 Å². The van der Waals surface area contributed by atoms with Crippen LogP contribution >= 0.6 is 0 Å². The number of nitrogens with two attached hydrogens (primary N) is 1.